The van der Waals surface area contributed by atoms with Crippen molar-refractivity contribution in [3.8, 4) is 22.6 Å². The highest BCUT2D eigenvalue weighted by molar-refractivity contribution is 5.78. The third kappa shape index (κ3) is 5.40. The number of H-pyrrole nitrogens is 1. The molecule has 1 fully saturated rings. The molecule has 3 N–H and O–H groups in total. The lowest BCUT2D eigenvalue weighted by Crippen LogP contribution is -2.29. The Kier molecular flexibility index (Phi) is 6.97. The van der Waals surface area contributed by atoms with Crippen molar-refractivity contribution < 1.29 is 4.92 Å². The highest BCUT2D eigenvalue weighted by atomic mass is 16.6. The molecule has 0 atom stereocenters. The molecular weight excluding hydrogens is 458 g/mol. The van der Waals surface area contributed by atoms with Gasteiger partial charge in [0.05, 0.1) is 16.2 Å². The molecule has 184 valence electrons. The maximum Gasteiger partial charge on any atom is 0.287 e. The molecule has 0 radical (unpaired) electrons. The Bertz CT molecular complexity index is 1290. The van der Waals surface area contributed by atoms with Crippen molar-refractivity contribution in [1.82, 2.24) is 24.9 Å². The maximum absolute atomic E-state index is 10.8. The second-order valence-corrected chi connectivity index (χ2v) is 8.50. The van der Waals surface area contributed by atoms with Gasteiger partial charge in [0, 0.05) is 62.1 Å². The fourth-order valence-corrected chi connectivity index (χ4v) is 4.22. The molecule has 1 aliphatic rings. The number of hydrogen-bond acceptors (Lipinski definition) is 9. The molecule has 5 rings (SSSR count). The zero-order valence-electron chi connectivity index (χ0n) is 19.7. The molecule has 1 saturated heterocycles. The van der Waals surface area contributed by atoms with Gasteiger partial charge in [-0.25, -0.2) is 19.9 Å². The van der Waals surface area contributed by atoms with Crippen LogP contribution in [0.2, 0.25) is 0 Å². The summed E-state index contributed by atoms with van der Waals surface area (Å²) >= 11 is 0. The molecule has 0 unspecified atom stereocenters. The molecule has 0 aliphatic carbocycles. The van der Waals surface area contributed by atoms with Gasteiger partial charge in [0.1, 0.15) is 17.8 Å². The molecule has 1 aliphatic heterocycles. The van der Waals surface area contributed by atoms with Crippen molar-refractivity contribution in [2.24, 2.45) is 0 Å². The van der Waals surface area contributed by atoms with E-state index in [-0.39, 0.29) is 5.69 Å². The van der Waals surface area contributed by atoms with Crippen LogP contribution >= 0.6 is 0 Å². The van der Waals surface area contributed by atoms with Crippen molar-refractivity contribution in [1.29, 1.82) is 0 Å². The molecule has 3 aromatic heterocycles. The van der Waals surface area contributed by atoms with Crippen LogP contribution in [0.5, 0.6) is 0 Å². The minimum absolute atomic E-state index is 0.0415. The van der Waals surface area contributed by atoms with E-state index in [0.717, 1.165) is 29.9 Å². The summed E-state index contributed by atoms with van der Waals surface area (Å²) in [6.45, 7) is 3.27. The highest BCUT2D eigenvalue weighted by Crippen LogP contribution is 2.31. The summed E-state index contributed by atoms with van der Waals surface area (Å²) in [6, 6.07) is 11.5. The third-order valence-corrected chi connectivity index (χ3v) is 6.08. The number of rotatable bonds is 9. The lowest BCUT2D eigenvalue weighted by molar-refractivity contribution is -0.385. The number of anilines is 3. The van der Waals surface area contributed by atoms with E-state index in [1.54, 1.807) is 24.7 Å². The van der Waals surface area contributed by atoms with Crippen LogP contribution in [0, 0.1) is 10.1 Å². The number of benzene rings is 1. The Balaban J connectivity index is 1.29. The first-order valence-electron chi connectivity index (χ1n) is 12.0. The number of aromatic nitrogens is 5. The van der Waals surface area contributed by atoms with Crippen LogP contribution in [0.25, 0.3) is 22.6 Å². The van der Waals surface area contributed by atoms with Gasteiger partial charge in [0.2, 0.25) is 5.95 Å². The zero-order valence-corrected chi connectivity index (χ0v) is 19.7. The fraction of sp³-hybridized carbons (Fsp3) is 0.280. The molecule has 4 aromatic rings. The Morgan fingerprint density at radius 1 is 0.944 bits per heavy atom. The zero-order chi connectivity index (χ0) is 24.7. The summed E-state index contributed by atoms with van der Waals surface area (Å²) < 4.78 is 0. The van der Waals surface area contributed by atoms with Crippen molar-refractivity contribution in [2.75, 3.05) is 41.7 Å². The van der Waals surface area contributed by atoms with Crippen LogP contribution in [0.4, 0.5) is 23.1 Å². The van der Waals surface area contributed by atoms with E-state index in [0.29, 0.717) is 30.7 Å². The number of nitrogens with zero attached hydrogens (tertiary/aromatic N) is 6. The van der Waals surface area contributed by atoms with Crippen LogP contribution in [-0.2, 0) is 0 Å². The minimum Gasteiger partial charge on any atom is -0.372 e. The lowest BCUT2D eigenvalue weighted by atomic mass is 10.0. The number of aromatic amines is 1. The predicted octanol–water partition coefficient (Wildman–Crippen LogP) is 4.35. The van der Waals surface area contributed by atoms with E-state index in [4.69, 9.17) is 4.98 Å². The van der Waals surface area contributed by atoms with E-state index < -0.39 is 4.92 Å². The van der Waals surface area contributed by atoms with Gasteiger partial charge < -0.3 is 20.5 Å². The fourth-order valence-electron chi connectivity index (χ4n) is 4.22. The van der Waals surface area contributed by atoms with Crippen LogP contribution in [-0.4, -0.2) is 56.0 Å². The molecule has 36 heavy (non-hydrogen) atoms. The van der Waals surface area contributed by atoms with E-state index in [2.05, 4.69) is 59.7 Å². The minimum atomic E-state index is -0.471. The average Bonchev–Trinajstić information content (AvgIpc) is 3.47. The van der Waals surface area contributed by atoms with Crippen LogP contribution in [0.15, 0.2) is 61.2 Å². The van der Waals surface area contributed by atoms with Gasteiger partial charge in [-0.05, 0) is 37.5 Å². The molecule has 4 heterocycles. The first-order valence-corrected chi connectivity index (χ1v) is 12.0. The Labute approximate surface area is 208 Å². The second-order valence-electron chi connectivity index (χ2n) is 8.50. The van der Waals surface area contributed by atoms with Gasteiger partial charge >= 0.3 is 0 Å². The van der Waals surface area contributed by atoms with Gasteiger partial charge in [-0.15, -0.1) is 0 Å². The van der Waals surface area contributed by atoms with Crippen LogP contribution < -0.4 is 15.5 Å². The Morgan fingerprint density at radius 2 is 1.75 bits per heavy atom. The summed E-state index contributed by atoms with van der Waals surface area (Å²) in [5.41, 5.74) is 3.79. The topological polar surface area (TPSA) is 138 Å². The number of hydrogen-bond donors (Lipinski definition) is 3. The van der Waals surface area contributed by atoms with E-state index in [9.17, 15) is 10.1 Å². The summed E-state index contributed by atoms with van der Waals surface area (Å²) in [5.74, 6) is 1.77. The SMILES string of the molecule is O=[N+]([O-])c1ccc(NCCNc2ncc(-c3ncc[nH]3)c(-c3ccc(N4CCCCC4)cc3)n2)nc1. The number of piperidine rings is 1. The molecule has 11 nitrogen and oxygen atoms in total. The summed E-state index contributed by atoms with van der Waals surface area (Å²) in [4.78, 5) is 33.6. The summed E-state index contributed by atoms with van der Waals surface area (Å²) in [5, 5.41) is 17.1. The number of nitrogens with one attached hydrogen (secondary N) is 3. The standard InChI is InChI=1S/C25H27N9O2/c35-34(36)20-8-9-22(30-16-20)26-10-13-29-25-31-17-21(24-27-11-12-28-24)23(32-25)18-4-6-19(7-5-18)33-14-2-1-3-15-33/h4-9,11-12,16-17H,1-3,10,13-15H2,(H,26,30)(H,27,28)(H,29,31,32). The summed E-state index contributed by atoms with van der Waals surface area (Å²) in [6.07, 6.45) is 10.3. The highest BCUT2D eigenvalue weighted by Gasteiger charge is 2.15. The van der Waals surface area contributed by atoms with Crippen molar-refractivity contribution in [2.45, 2.75) is 19.3 Å². The number of nitro groups is 1. The number of imidazole rings is 1. The molecular formula is C25H27N9O2. The monoisotopic (exact) mass is 485 g/mol. The van der Waals surface area contributed by atoms with E-state index >= 15 is 0 Å². The molecule has 0 amide bonds. The smallest absolute Gasteiger partial charge is 0.287 e. The molecule has 0 saturated carbocycles. The average molecular weight is 486 g/mol. The quantitative estimate of drug-likeness (QED) is 0.179. The first kappa shape index (κ1) is 23.2. The van der Waals surface area contributed by atoms with E-state index in [1.807, 2.05) is 0 Å². The van der Waals surface area contributed by atoms with Crippen LogP contribution in [0.3, 0.4) is 0 Å². The first-order chi connectivity index (χ1) is 17.7. The third-order valence-electron chi connectivity index (χ3n) is 6.08. The largest absolute Gasteiger partial charge is 0.372 e. The van der Waals surface area contributed by atoms with Crippen LogP contribution in [0.1, 0.15) is 19.3 Å². The number of pyridine rings is 1. The van der Waals surface area contributed by atoms with Crippen molar-refractivity contribution in [3.05, 3.63) is 71.3 Å². The van der Waals surface area contributed by atoms with E-state index in [1.165, 1.54) is 37.2 Å². The molecule has 11 heteroatoms. The lowest BCUT2D eigenvalue weighted by Gasteiger charge is -2.28. The predicted molar refractivity (Wildman–Crippen MR) is 139 cm³/mol. The second kappa shape index (κ2) is 10.8. The van der Waals surface area contributed by atoms with Crippen molar-refractivity contribution in [3.63, 3.8) is 0 Å². The summed E-state index contributed by atoms with van der Waals surface area (Å²) in [7, 11) is 0. The normalized spacial score (nSPS) is 13.4. The van der Waals surface area contributed by atoms with Gasteiger partial charge in [0.25, 0.3) is 5.69 Å². The maximum atomic E-state index is 10.8. The molecule has 0 spiro atoms. The Morgan fingerprint density at radius 3 is 2.44 bits per heavy atom. The Hall–Kier alpha value is -4.54. The van der Waals surface area contributed by atoms with Gasteiger partial charge in [-0.3, -0.25) is 10.1 Å². The van der Waals surface area contributed by atoms with Crippen molar-refractivity contribution >= 4 is 23.1 Å². The van der Waals surface area contributed by atoms with Gasteiger partial charge in [-0.1, -0.05) is 12.1 Å². The van der Waals surface area contributed by atoms with Gasteiger partial charge in [-0.2, -0.15) is 0 Å². The molecule has 1 aromatic carbocycles. The van der Waals surface area contributed by atoms with Gasteiger partial charge in [0.15, 0.2) is 0 Å². The molecule has 0 bridgehead atoms.